The number of rotatable bonds is 3. The summed E-state index contributed by atoms with van der Waals surface area (Å²) in [5.41, 5.74) is 2.09. The maximum atomic E-state index is 11.9. The van der Waals surface area contributed by atoms with Crippen LogP contribution in [0.25, 0.3) is 16.8 Å². The van der Waals surface area contributed by atoms with Crippen LogP contribution in [-0.2, 0) is 4.79 Å². The molecule has 0 saturated carbocycles. The van der Waals surface area contributed by atoms with Crippen LogP contribution in [-0.4, -0.2) is 11.1 Å². The Hall–Kier alpha value is -3.07. The summed E-state index contributed by atoms with van der Waals surface area (Å²) in [7, 11) is 0. The van der Waals surface area contributed by atoms with E-state index in [1.807, 2.05) is 55.5 Å². The Morgan fingerprint density at radius 1 is 1.04 bits per heavy atom. The van der Waals surface area contributed by atoms with Gasteiger partial charge in [-0.25, -0.2) is 4.79 Å². The summed E-state index contributed by atoms with van der Waals surface area (Å²) in [5.74, 6) is -0.0755. The second kappa shape index (κ2) is 6.36. The van der Waals surface area contributed by atoms with Crippen LogP contribution >= 0.6 is 0 Å². The molecule has 0 radical (unpaired) electrons. The smallest absolute Gasteiger partial charge is 0.336 e. The third-order valence-corrected chi connectivity index (χ3v) is 3.52. The second-order valence-corrected chi connectivity index (χ2v) is 5.33. The zero-order valence-electron chi connectivity index (χ0n) is 12.7. The lowest BCUT2D eigenvalue weighted by Crippen LogP contribution is -2.03. The lowest BCUT2D eigenvalue weighted by molar-refractivity contribution is -0.128. The predicted octanol–water partition coefficient (Wildman–Crippen LogP) is 4.47. The first-order valence-electron chi connectivity index (χ1n) is 7.30. The minimum Gasteiger partial charge on any atom is -0.507 e. The molecule has 3 nitrogen and oxygen atoms in total. The number of aromatic hydroxyl groups is 1. The molecule has 0 unspecified atom stereocenters. The Morgan fingerprint density at radius 3 is 2.57 bits per heavy atom. The number of phenolic OH excluding ortho intramolecular Hbond substituents is 1. The fourth-order valence-corrected chi connectivity index (χ4v) is 2.31. The van der Waals surface area contributed by atoms with E-state index in [0.29, 0.717) is 5.75 Å². The van der Waals surface area contributed by atoms with Gasteiger partial charge in [0.1, 0.15) is 11.5 Å². The maximum Gasteiger partial charge on any atom is 0.336 e. The minimum atomic E-state index is -0.486. The van der Waals surface area contributed by atoms with Crippen LogP contribution in [0.2, 0.25) is 0 Å². The maximum absolute atomic E-state index is 11.9. The fraction of sp³-hybridized carbons (Fsp3) is 0.0500. The molecule has 0 spiro atoms. The summed E-state index contributed by atoms with van der Waals surface area (Å²) < 4.78 is 5.26. The summed E-state index contributed by atoms with van der Waals surface area (Å²) in [4.78, 5) is 11.9. The molecule has 3 heteroatoms. The molecule has 0 aromatic heterocycles. The molecule has 0 saturated heterocycles. The van der Waals surface area contributed by atoms with Crippen molar-refractivity contribution in [3.05, 3.63) is 77.9 Å². The van der Waals surface area contributed by atoms with Crippen LogP contribution < -0.4 is 4.74 Å². The van der Waals surface area contributed by atoms with Crippen molar-refractivity contribution in [1.82, 2.24) is 0 Å². The van der Waals surface area contributed by atoms with Gasteiger partial charge in [0.15, 0.2) is 0 Å². The highest BCUT2D eigenvalue weighted by Crippen LogP contribution is 2.30. The molecular formula is C20H16O3. The second-order valence-electron chi connectivity index (χ2n) is 5.33. The fourth-order valence-electron chi connectivity index (χ4n) is 2.31. The van der Waals surface area contributed by atoms with E-state index >= 15 is 0 Å². The highest BCUT2D eigenvalue weighted by molar-refractivity contribution is 5.92. The van der Waals surface area contributed by atoms with E-state index in [-0.39, 0.29) is 5.75 Å². The third kappa shape index (κ3) is 3.58. The first-order chi connectivity index (χ1) is 11.1. The van der Waals surface area contributed by atoms with Crippen molar-refractivity contribution >= 4 is 22.8 Å². The standard InChI is InChI=1S/C20H16O3/c1-14-6-8-15(9-7-14)10-11-20(22)23-17-12-16-4-2-3-5-18(16)19(21)13-17/h2-13,21H,1H3/b11-10+. The summed E-state index contributed by atoms with van der Waals surface area (Å²) >= 11 is 0. The lowest BCUT2D eigenvalue weighted by Gasteiger charge is -2.05. The summed E-state index contributed by atoms with van der Waals surface area (Å²) in [6.45, 7) is 2.01. The Morgan fingerprint density at radius 2 is 1.78 bits per heavy atom. The normalized spacial score (nSPS) is 11.0. The molecule has 0 fully saturated rings. The molecule has 114 valence electrons. The van der Waals surface area contributed by atoms with E-state index in [1.54, 1.807) is 12.1 Å². The summed E-state index contributed by atoms with van der Waals surface area (Å²) in [6, 6.07) is 18.4. The van der Waals surface area contributed by atoms with Crippen molar-refractivity contribution in [3.8, 4) is 11.5 Å². The van der Waals surface area contributed by atoms with Gasteiger partial charge in [0.05, 0.1) is 0 Å². The van der Waals surface area contributed by atoms with E-state index in [9.17, 15) is 9.90 Å². The number of aryl methyl sites for hydroxylation is 1. The first kappa shape index (κ1) is 14.9. The van der Waals surface area contributed by atoms with Gasteiger partial charge >= 0.3 is 5.97 Å². The van der Waals surface area contributed by atoms with Crippen molar-refractivity contribution in [2.75, 3.05) is 0 Å². The predicted molar refractivity (Wildman–Crippen MR) is 91.5 cm³/mol. The molecule has 3 rings (SSSR count). The van der Waals surface area contributed by atoms with Crippen LogP contribution in [0.4, 0.5) is 0 Å². The monoisotopic (exact) mass is 304 g/mol. The number of benzene rings is 3. The Labute approximate surface area is 134 Å². The molecule has 3 aromatic carbocycles. The van der Waals surface area contributed by atoms with Gasteiger partial charge in [-0.2, -0.15) is 0 Å². The topological polar surface area (TPSA) is 46.5 Å². The molecular weight excluding hydrogens is 288 g/mol. The summed E-state index contributed by atoms with van der Waals surface area (Å²) in [5, 5.41) is 11.5. The van der Waals surface area contributed by atoms with Crippen LogP contribution in [0.15, 0.2) is 66.7 Å². The van der Waals surface area contributed by atoms with Crippen molar-refractivity contribution < 1.29 is 14.6 Å². The van der Waals surface area contributed by atoms with Gasteiger partial charge in [0.2, 0.25) is 0 Å². The third-order valence-electron chi connectivity index (χ3n) is 3.52. The van der Waals surface area contributed by atoms with E-state index in [1.165, 1.54) is 12.1 Å². The largest absolute Gasteiger partial charge is 0.507 e. The van der Waals surface area contributed by atoms with Crippen molar-refractivity contribution in [1.29, 1.82) is 0 Å². The SMILES string of the molecule is Cc1ccc(/C=C/C(=O)Oc2cc(O)c3ccccc3c2)cc1. The van der Waals surface area contributed by atoms with Gasteiger partial charge in [-0.15, -0.1) is 0 Å². The van der Waals surface area contributed by atoms with Crippen LogP contribution in [0, 0.1) is 6.92 Å². The first-order valence-corrected chi connectivity index (χ1v) is 7.30. The van der Waals surface area contributed by atoms with Crippen molar-refractivity contribution in [2.45, 2.75) is 6.92 Å². The lowest BCUT2D eigenvalue weighted by atomic mass is 10.1. The van der Waals surface area contributed by atoms with E-state index < -0.39 is 5.97 Å². The van der Waals surface area contributed by atoms with Gasteiger partial charge in [-0.1, -0.05) is 54.1 Å². The Kier molecular flexibility index (Phi) is 4.11. The van der Waals surface area contributed by atoms with Crippen LogP contribution in [0.5, 0.6) is 11.5 Å². The van der Waals surface area contributed by atoms with Gasteiger partial charge < -0.3 is 9.84 Å². The zero-order valence-corrected chi connectivity index (χ0v) is 12.7. The van der Waals surface area contributed by atoms with E-state index in [0.717, 1.165) is 21.9 Å². The molecule has 0 aliphatic carbocycles. The number of carbonyl (C=O) groups is 1. The van der Waals surface area contributed by atoms with Gasteiger partial charge in [-0.05, 0) is 30.0 Å². The molecule has 0 atom stereocenters. The number of carbonyl (C=O) groups excluding carboxylic acids is 1. The molecule has 23 heavy (non-hydrogen) atoms. The van der Waals surface area contributed by atoms with Gasteiger partial charge in [-0.3, -0.25) is 0 Å². The highest BCUT2D eigenvalue weighted by Gasteiger charge is 2.06. The summed E-state index contributed by atoms with van der Waals surface area (Å²) in [6.07, 6.45) is 3.07. The number of esters is 1. The number of phenols is 1. The number of hydrogen-bond acceptors (Lipinski definition) is 3. The number of hydrogen-bond donors (Lipinski definition) is 1. The highest BCUT2D eigenvalue weighted by atomic mass is 16.5. The average Bonchev–Trinajstić information content (AvgIpc) is 2.54. The van der Waals surface area contributed by atoms with Crippen molar-refractivity contribution in [2.24, 2.45) is 0 Å². The van der Waals surface area contributed by atoms with Gasteiger partial charge in [0, 0.05) is 17.5 Å². The van der Waals surface area contributed by atoms with Gasteiger partial charge in [0.25, 0.3) is 0 Å². The number of fused-ring (bicyclic) bond motifs is 1. The quantitative estimate of drug-likeness (QED) is 0.441. The Bertz CT molecular complexity index is 877. The number of ether oxygens (including phenoxy) is 1. The average molecular weight is 304 g/mol. The van der Waals surface area contributed by atoms with E-state index in [2.05, 4.69) is 0 Å². The van der Waals surface area contributed by atoms with Crippen molar-refractivity contribution in [3.63, 3.8) is 0 Å². The molecule has 1 N–H and O–H groups in total. The molecule has 0 aliphatic rings. The van der Waals surface area contributed by atoms with E-state index in [4.69, 9.17) is 4.74 Å². The molecule has 3 aromatic rings. The molecule has 0 heterocycles. The molecule has 0 bridgehead atoms. The Balaban J connectivity index is 1.76. The molecule has 0 aliphatic heterocycles. The zero-order chi connectivity index (χ0) is 16.2. The minimum absolute atomic E-state index is 0.0911. The van der Waals surface area contributed by atoms with Crippen LogP contribution in [0.3, 0.4) is 0 Å². The molecule has 0 amide bonds. The van der Waals surface area contributed by atoms with Crippen LogP contribution in [0.1, 0.15) is 11.1 Å².